The highest BCUT2D eigenvalue weighted by molar-refractivity contribution is 6.03. The van der Waals surface area contributed by atoms with Gasteiger partial charge in [0.1, 0.15) is 17.3 Å². The van der Waals surface area contributed by atoms with Crippen molar-refractivity contribution in [3.05, 3.63) is 108 Å². The molecule has 12 heteroatoms. The molecule has 0 spiro atoms. The van der Waals surface area contributed by atoms with Gasteiger partial charge in [0, 0.05) is 30.0 Å². The van der Waals surface area contributed by atoms with E-state index >= 15 is 0 Å². The van der Waals surface area contributed by atoms with Gasteiger partial charge >= 0.3 is 6.18 Å². The highest BCUT2D eigenvalue weighted by Gasteiger charge is 2.38. The van der Waals surface area contributed by atoms with E-state index in [1.54, 1.807) is 42.7 Å². The summed E-state index contributed by atoms with van der Waals surface area (Å²) in [6.07, 6.45) is 3.59. The first-order chi connectivity index (χ1) is 20.5. The summed E-state index contributed by atoms with van der Waals surface area (Å²) in [5.74, 6) is -1.08. The molecule has 5 aromatic rings. The first-order valence-corrected chi connectivity index (χ1v) is 13.7. The third-order valence-electron chi connectivity index (χ3n) is 7.83. The van der Waals surface area contributed by atoms with Gasteiger partial charge in [-0.15, -0.1) is 0 Å². The highest BCUT2D eigenvalue weighted by atomic mass is 19.4. The number of carbonyl (C=O) groups is 1. The molecular weight excluding hydrogens is 562 g/mol. The van der Waals surface area contributed by atoms with Crippen LogP contribution in [0.25, 0.3) is 16.5 Å². The minimum absolute atomic E-state index is 0.0210. The number of nitrogen functional groups attached to an aromatic ring is 1. The van der Waals surface area contributed by atoms with E-state index in [0.717, 1.165) is 24.8 Å². The largest absolute Gasteiger partial charge is 0.433 e. The number of benzene rings is 2. The molecule has 3 aromatic heterocycles. The summed E-state index contributed by atoms with van der Waals surface area (Å²) in [5, 5.41) is 7.44. The third kappa shape index (κ3) is 5.65. The molecule has 0 aliphatic heterocycles. The first kappa shape index (κ1) is 28.3. The van der Waals surface area contributed by atoms with Crippen molar-refractivity contribution in [2.75, 3.05) is 11.1 Å². The van der Waals surface area contributed by atoms with Gasteiger partial charge in [0.15, 0.2) is 5.69 Å². The Balaban J connectivity index is 1.34. The lowest BCUT2D eigenvalue weighted by atomic mass is 9.79. The number of fused-ring (bicyclic) bond motifs is 1. The monoisotopic (exact) mass is 589 g/mol. The van der Waals surface area contributed by atoms with Gasteiger partial charge in [0.2, 0.25) is 0 Å². The smallest absolute Gasteiger partial charge is 0.383 e. The summed E-state index contributed by atoms with van der Waals surface area (Å²) >= 11 is 0. The van der Waals surface area contributed by atoms with Gasteiger partial charge in [-0.05, 0) is 77.7 Å². The van der Waals surface area contributed by atoms with E-state index in [4.69, 9.17) is 11.5 Å². The second-order valence-electron chi connectivity index (χ2n) is 10.8. The zero-order chi connectivity index (χ0) is 30.4. The number of nitrogens with one attached hydrogen (secondary N) is 1. The van der Waals surface area contributed by atoms with Crippen molar-refractivity contribution < 1.29 is 22.4 Å². The molecule has 0 saturated heterocycles. The molecule has 6 rings (SSSR count). The molecule has 1 atom stereocenters. The fraction of sp³-hybridized carbons (Fsp3) is 0.226. The van der Waals surface area contributed by atoms with Crippen LogP contribution in [-0.4, -0.2) is 25.7 Å². The predicted octanol–water partition coefficient (Wildman–Crippen LogP) is 6.20. The maximum absolute atomic E-state index is 15.0. The summed E-state index contributed by atoms with van der Waals surface area (Å²) in [5.41, 5.74) is 11.2. The highest BCUT2D eigenvalue weighted by Crippen LogP contribution is 2.40. The van der Waals surface area contributed by atoms with Gasteiger partial charge in [-0.2, -0.15) is 18.3 Å². The average molecular weight is 590 g/mol. The number of amides is 1. The molecule has 220 valence electrons. The van der Waals surface area contributed by atoms with Gasteiger partial charge in [-0.3, -0.25) is 9.78 Å². The Morgan fingerprint density at radius 3 is 2.47 bits per heavy atom. The van der Waals surface area contributed by atoms with Gasteiger partial charge in [-0.1, -0.05) is 25.0 Å². The molecule has 1 aliphatic rings. The van der Waals surface area contributed by atoms with Crippen molar-refractivity contribution in [1.29, 1.82) is 0 Å². The Kier molecular flexibility index (Phi) is 7.09. The quantitative estimate of drug-likeness (QED) is 0.185. The van der Waals surface area contributed by atoms with Crippen molar-refractivity contribution in [3.63, 3.8) is 0 Å². The summed E-state index contributed by atoms with van der Waals surface area (Å²) in [6.45, 7) is 0. The van der Waals surface area contributed by atoms with Crippen LogP contribution in [0.15, 0.2) is 79.3 Å². The number of alkyl halides is 3. The summed E-state index contributed by atoms with van der Waals surface area (Å²) < 4.78 is 57.8. The fourth-order valence-electron chi connectivity index (χ4n) is 5.23. The van der Waals surface area contributed by atoms with E-state index in [2.05, 4.69) is 20.4 Å². The van der Waals surface area contributed by atoms with Crippen LogP contribution in [0.3, 0.4) is 0 Å². The van der Waals surface area contributed by atoms with Crippen LogP contribution in [0.5, 0.6) is 0 Å². The second kappa shape index (κ2) is 10.8. The Labute approximate surface area is 243 Å². The van der Waals surface area contributed by atoms with Crippen LogP contribution in [0.1, 0.15) is 53.0 Å². The number of hydrogen-bond acceptors (Lipinski definition) is 6. The number of anilines is 2. The second-order valence-corrected chi connectivity index (χ2v) is 10.8. The number of nitrogens with two attached hydrogens (primary N) is 2. The van der Waals surface area contributed by atoms with Gasteiger partial charge < -0.3 is 16.8 Å². The minimum Gasteiger partial charge on any atom is -0.383 e. The topological polar surface area (TPSA) is 125 Å². The SMILES string of the molecule is Nc1nccc2ccc(-n3nc(C(=O)Nc4cc(C(N)(CCC5CC5)c5ccncc5)ccc4F)cc3C(F)(F)F)cc12. The molecule has 2 aromatic carbocycles. The van der Waals surface area contributed by atoms with Crippen LogP contribution in [0.4, 0.5) is 29.1 Å². The summed E-state index contributed by atoms with van der Waals surface area (Å²) in [4.78, 5) is 21.3. The first-order valence-electron chi connectivity index (χ1n) is 13.7. The molecule has 0 bridgehead atoms. The average Bonchev–Trinajstić information content (AvgIpc) is 3.71. The normalized spacial score (nSPS) is 14.9. The maximum Gasteiger partial charge on any atom is 0.433 e. The molecule has 43 heavy (non-hydrogen) atoms. The number of aromatic nitrogens is 4. The summed E-state index contributed by atoms with van der Waals surface area (Å²) in [6, 6.07) is 14.4. The van der Waals surface area contributed by atoms with Gasteiger partial charge in [0.05, 0.1) is 16.9 Å². The third-order valence-corrected chi connectivity index (χ3v) is 7.83. The maximum atomic E-state index is 15.0. The Morgan fingerprint density at radius 1 is 0.977 bits per heavy atom. The number of hydrogen-bond donors (Lipinski definition) is 3. The van der Waals surface area contributed by atoms with E-state index in [-0.39, 0.29) is 17.2 Å². The molecular formula is C31H27F4N7O. The zero-order valence-corrected chi connectivity index (χ0v) is 22.8. The zero-order valence-electron chi connectivity index (χ0n) is 22.8. The Hall–Kier alpha value is -4.84. The molecule has 1 amide bonds. The van der Waals surface area contributed by atoms with Crippen LogP contribution in [0, 0.1) is 11.7 Å². The van der Waals surface area contributed by atoms with Crippen molar-refractivity contribution in [1.82, 2.24) is 19.7 Å². The number of halogens is 4. The van der Waals surface area contributed by atoms with Gasteiger partial charge in [0.25, 0.3) is 5.91 Å². The van der Waals surface area contributed by atoms with Crippen molar-refractivity contribution in [3.8, 4) is 5.69 Å². The fourth-order valence-corrected chi connectivity index (χ4v) is 5.23. The molecule has 1 saturated carbocycles. The molecule has 1 unspecified atom stereocenters. The number of pyridine rings is 2. The molecule has 5 N–H and O–H groups in total. The van der Waals surface area contributed by atoms with Gasteiger partial charge in [-0.25, -0.2) is 14.1 Å². The minimum atomic E-state index is -4.85. The molecule has 1 fully saturated rings. The van der Waals surface area contributed by atoms with E-state index in [0.29, 0.717) is 39.4 Å². The van der Waals surface area contributed by atoms with E-state index < -0.39 is 34.8 Å². The molecule has 8 nitrogen and oxygen atoms in total. The standard InChI is InChI=1S/C31H27F4N7O/c32-24-6-4-21(30(37,11-7-18-1-2-18)20-9-12-38-13-10-20)15-25(24)40-29(43)26-17-27(31(33,34)35)42(41-26)22-5-3-19-8-14-39-28(36)23(19)16-22/h3-6,8-10,12-18H,1-2,7,11,37H2,(H2,36,39)(H,40,43). The Bertz CT molecular complexity index is 1820. The van der Waals surface area contributed by atoms with E-state index in [9.17, 15) is 22.4 Å². The lowest BCUT2D eigenvalue weighted by Crippen LogP contribution is -2.38. The molecule has 0 radical (unpaired) electrons. The Morgan fingerprint density at radius 2 is 1.74 bits per heavy atom. The number of nitrogens with zero attached hydrogens (tertiary/aromatic N) is 4. The van der Waals surface area contributed by atoms with Crippen molar-refractivity contribution in [2.45, 2.75) is 37.4 Å². The predicted molar refractivity (Wildman–Crippen MR) is 154 cm³/mol. The molecule has 1 aliphatic carbocycles. The van der Waals surface area contributed by atoms with Crippen LogP contribution >= 0.6 is 0 Å². The van der Waals surface area contributed by atoms with Crippen LogP contribution < -0.4 is 16.8 Å². The van der Waals surface area contributed by atoms with E-state index in [1.165, 1.54) is 30.5 Å². The number of rotatable bonds is 8. The van der Waals surface area contributed by atoms with Crippen LogP contribution in [-0.2, 0) is 11.7 Å². The lowest BCUT2D eigenvalue weighted by molar-refractivity contribution is -0.142. The number of carbonyl (C=O) groups excluding carboxylic acids is 1. The summed E-state index contributed by atoms with van der Waals surface area (Å²) in [7, 11) is 0. The van der Waals surface area contributed by atoms with Crippen molar-refractivity contribution in [2.24, 2.45) is 11.7 Å². The van der Waals surface area contributed by atoms with E-state index in [1.807, 2.05) is 0 Å². The van der Waals surface area contributed by atoms with Crippen molar-refractivity contribution >= 4 is 28.2 Å². The molecule has 3 heterocycles. The van der Waals surface area contributed by atoms with Crippen LogP contribution in [0.2, 0.25) is 0 Å². The lowest BCUT2D eigenvalue weighted by Gasteiger charge is -2.31.